The van der Waals surface area contributed by atoms with Gasteiger partial charge in [-0.2, -0.15) is 0 Å². The number of aryl methyl sites for hydroxylation is 3. The predicted octanol–water partition coefficient (Wildman–Crippen LogP) is 1.67. The molecule has 19 heavy (non-hydrogen) atoms. The molecule has 1 rings (SSSR count). The van der Waals surface area contributed by atoms with Gasteiger partial charge in [0.25, 0.3) is 5.91 Å². The van der Waals surface area contributed by atoms with Gasteiger partial charge in [-0.05, 0) is 46.0 Å². The minimum atomic E-state index is -0.0822. The minimum Gasteiger partial charge on any atom is -0.483 e. The zero-order valence-corrected chi connectivity index (χ0v) is 12.5. The number of amides is 1. The van der Waals surface area contributed by atoms with Crippen LogP contribution in [0, 0.1) is 20.8 Å². The SMILES string of the molecule is Cc1cc(C)c(OCC(=O)NCCN(C)C)c(C)c1. The first-order chi connectivity index (χ1) is 8.90. The fourth-order valence-corrected chi connectivity index (χ4v) is 2.00. The highest BCUT2D eigenvalue weighted by atomic mass is 16.5. The van der Waals surface area contributed by atoms with Gasteiger partial charge in [0.2, 0.25) is 0 Å². The van der Waals surface area contributed by atoms with Gasteiger partial charge in [-0.25, -0.2) is 0 Å². The highest BCUT2D eigenvalue weighted by molar-refractivity contribution is 5.77. The summed E-state index contributed by atoms with van der Waals surface area (Å²) in [7, 11) is 3.95. The van der Waals surface area contributed by atoms with Gasteiger partial charge < -0.3 is 15.0 Å². The van der Waals surface area contributed by atoms with Crippen LogP contribution >= 0.6 is 0 Å². The second-order valence-electron chi connectivity index (χ2n) is 5.17. The molecular weight excluding hydrogens is 240 g/mol. The topological polar surface area (TPSA) is 41.6 Å². The summed E-state index contributed by atoms with van der Waals surface area (Å²) in [6.45, 7) is 7.59. The Bertz CT molecular complexity index is 419. The second-order valence-corrected chi connectivity index (χ2v) is 5.17. The molecule has 0 aliphatic carbocycles. The predicted molar refractivity (Wildman–Crippen MR) is 77.7 cm³/mol. The van der Waals surface area contributed by atoms with E-state index in [1.165, 1.54) is 5.56 Å². The molecule has 1 N–H and O–H groups in total. The first-order valence-electron chi connectivity index (χ1n) is 6.52. The minimum absolute atomic E-state index is 0.0676. The summed E-state index contributed by atoms with van der Waals surface area (Å²) < 4.78 is 5.62. The van der Waals surface area contributed by atoms with Crippen molar-refractivity contribution in [2.75, 3.05) is 33.8 Å². The largest absolute Gasteiger partial charge is 0.483 e. The van der Waals surface area contributed by atoms with Crippen LogP contribution in [0.3, 0.4) is 0 Å². The Kier molecular flexibility index (Phi) is 5.83. The van der Waals surface area contributed by atoms with Crippen LogP contribution in [0.15, 0.2) is 12.1 Å². The van der Waals surface area contributed by atoms with Gasteiger partial charge in [-0.1, -0.05) is 17.7 Å². The van der Waals surface area contributed by atoms with Crippen molar-refractivity contribution in [2.24, 2.45) is 0 Å². The molecule has 0 heterocycles. The maximum Gasteiger partial charge on any atom is 0.257 e. The number of nitrogens with zero attached hydrogens (tertiary/aromatic N) is 1. The molecule has 0 bridgehead atoms. The molecule has 0 saturated heterocycles. The van der Waals surface area contributed by atoms with Crippen LogP contribution in [0.1, 0.15) is 16.7 Å². The lowest BCUT2D eigenvalue weighted by Crippen LogP contribution is -2.34. The molecule has 1 amide bonds. The number of ether oxygens (including phenoxy) is 1. The second kappa shape index (κ2) is 7.14. The first-order valence-corrected chi connectivity index (χ1v) is 6.52. The van der Waals surface area contributed by atoms with Gasteiger partial charge in [-0.3, -0.25) is 4.79 Å². The third-order valence-corrected chi connectivity index (χ3v) is 2.83. The Morgan fingerprint density at radius 1 is 1.21 bits per heavy atom. The van der Waals surface area contributed by atoms with Gasteiger partial charge in [-0.15, -0.1) is 0 Å². The zero-order chi connectivity index (χ0) is 14.4. The van der Waals surface area contributed by atoms with Crippen LogP contribution in [0.4, 0.5) is 0 Å². The van der Waals surface area contributed by atoms with E-state index in [-0.39, 0.29) is 12.5 Å². The number of carbonyl (C=O) groups excluding carboxylic acids is 1. The van der Waals surface area contributed by atoms with E-state index in [1.54, 1.807) is 0 Å². The van der Waals surface area contributed by atoms with E-state index in [1.807, 2.05) is 32.8 Å². The van der Waals surface area contributed by atoms with E-state index in [4.69, 9.17) is 4.74 Å². The summed E-state index contributed by atoms with van der Waals surface area (Å²) in [4.78, 5) is 13.7. The molecule has 0 radical (unpaired) electrons. The molecule has 0 aliphatic heterocycles. The molecule has 0 aromatic heterocycles. The Morgan fingerprint density at radius 3 is 2.32 bits per heavy atom. The van der Waals surface area contributed by atoms with Gasteiger partial charge in [0.05, 0.1) is 0 Å². The Labute approximate surface area is 115 Å². The van der Waals surface area contributed by atoms with Crippen molar-refractivity contribution < 1.29 is 9.53 Å². The van der Waals surface area contributed by atoms with E-state index >= 15 is 0 Å². The van der Waals surface area contributed by atoms with E-state index in [9.17, 15) is 4.79 Å². The quantitative estimate of drug-likeness (QED) is 0.850. The molecular formula is C15H24N2O2. The molecule has 4 nitrogen and oxygen atoms in total. The number of rotatable bonds is 6. The van der Waals surface area contributed by atoms with Crippen molar-refractivity contribution in [3.8, 4) is 5.75 Å². The third kappa shape index (κ3) is 5.30. The van der Waals surface area contributed by atoms with Crippen molar-refractivity contribution in [3.05, 3.63) is 28.8 Å². The van der Waals surface area contributed by atoms with Crippen molar-refractivity contribution in [2.45, 2.75) is 20.8 Å². The zero-order valence-electron chi connectivity index (χ0n) is 12.5. The fourth-order valence-electron chi connectivity index (χ4n) is 2.00. The Hall–Kier alpha value is -1.55. The standard InChI is InChI=1S/C15H24N2O2/c1-11-8-12(2)15(13(3)9-11)19-10-14(18)16-6-7-17(4)5/h8-9H,6-7,10H2,1-5H3,(H,16,18). The maximum absolute atomic E-state index is 11.6. The highest BCUT2D eigenvalue weighted by Gasteiger charge is 2.08. The van der Waals surface area contributed by atoms with Crippen molar-refractivity contribution in [3.63, 3.8) is 0 Å². The smallest absolute Gasteiger partial charge is 0.257 e. The molecule has 1 aromatic rings. The van der Waals surface area contributed by atoms with Crippen molar-refractivity contribution in [1.29, 1.82) is 0 Å². The first kappa shape index (κ1) is 15.5. The van der Waals surface area contributed by atoms with Crippen molar-refractivity contribution in [1.82, 2.24) is 10.2 Å². The monoisotopic (exact) mass is 264 g/mol. The number of hydrogen-bond donors (Lipinski definition) is 1. The fraction of sp³-hybridized carbons (Fsp3) is 0.533. The van der Waals surface area contributed by atoms with Gasteiger partial charge in [0, 0.05) is 13.1 Å². The van der Waals surface area contributed by atoms with Crippen LogP contribution in [0.2, 0.25) is 0 Å². The van der Waals surface area contributed by atoms with Crippen LogP contribution in [0.25, 0.3) is 0 Å². The average Bonchev–Trinajstić information content (AvgIpc) is 2.26. The number of likely N-dealkylation sites (N-methyl/N-ethyl adjacent to an activating group) is 1. The van der Waals surface area contributed by atoms with Crippen LogP contribution in [-0.4, -0.2) is 44.6 Å². The molecule has 0 saturated carbocycles. The molecule has 106 valence electrons. The molecule has 1 aromatic carbocycles. The highest BCUT2D eigenvalue weighted by Crippen LogP contribution is 2.24. The number of nitrogens with one attached hydrogen (secondary N) is 1. The summed E-state index contributed by atoms with van der Waals surface area (Å²) in [5, 5.41) is 2.83. The summed E-state index contributed by atoms with van der Waals surface area (Å²) in [6.07, 6.45) is 0. The summed E-state index contributed by atoms with van der Waals surface area (Å²) in [6, 6.07) is 4.12. The molecule has 0 aliphatic rings. The van der Waals surface area contributed by atoms with Crippen LogP contribution < -0.4 is 10.1 Å². The van der Waals surface area contributed by atoms with E-state index in [0.29, 0.717) is 6.54 Å². The summed E-state index contributed by atoms with van der Waals surface area (Å²) in [5.74, 6) is 0.731. The molecule has 0 fully saturated rings. The Morgan fingerprint density at radius 2 is 1.79 bits per heavy atom. The van der Waals surface area contributed by atoms with E-state index < -0.39 is 0 Å². The van der Waals surface area contributed by atoms with E-state index in [2.05, 4.69) is 24.4 Å². The van der Waals surface area contributed by atoms with Crippen LogP contribution in [0.5, 0.6) is 5.75 Å². The lowest BCUT2D eigenvalue weighted by atomic mass is 10.1. The summed E-state index contributed by atoms with van der Waals surface area (Å²) >= 11 is 0. The summed E-state index contributed by atoms with van der Waals surface area (Å²) in [5.41, 5.74) is 3.34. The van der Waals surface area contributed by atoms with Crippen molar-refractivity contribution >= 4 is 5.91 Å². The normalized spacial score (nSPS) is 10.6. The molecule has 0 unspecified atom stereocenters. The third-order valence-electron chi connectivity index (χ3n) is 2.83. The average molecular weight is 264 g/mol. The number of hydrogen-bond acceptors (Lipinski definition) is 3. The van der Waals surface area contributed by atoms with E-state index in [0.717, 1.165) is 23.4 Å². The molecule has 0 spiro atoms. The van der Waals surface area contributed by atoms with Gasteiger partial charge in [0.15, 0.2) is 6.61 Å². The maximum atomic E-state index is 11.6. The Balaban J connectivity index is 2.46. The number of benzene rings is 1. The number of carbonyl (C=O) groups is 1. The van der Waals surface area contributed by atoms with Gasteiger partial charge in [0.1, 0.15) is 5.75 Å². The van der Waals surface area contributed by atoms with Crippen LogP contribution in [-0.2, 0) is 4.79 Å². The molecule has 4 heteroatoms. The lowest BCUT2D eigenvalue weighted by molar-refractivity contribution is -0.123. The molecule has 0 atom stereocenters. The lowest BCUT2D eigenvalue weighted by Gasteiger charge is -2.14. The van der Waals surface area contributed by atoms with Gasteiger partial charge >= 0.3 is 0 Å².